The second-order valence-electron chi connectivity index (χ2n) is 6.88. The Kier molecular flexibility index (Phi) is 5.97. The van der Waals surface area contributed by atoms with Crippen LogP contribution in [0.25, 0.3) is 0 Å². The fraction of sp³-hybridized carbons (Fsp3) is 0.500. The molecule has 0 spiro atoms. The molecule has 9 heteroatoms. The maximum Gasteiger partial charge on any atom is 0.191 e. The van der Waals surface area contributed by atoms with Crippen LogP contribution in [0.15, 0.2) is 23.2 Å². The lowest BCUT2D eigenvalue weighted by atomic mass is 10.1. The van der Waals surface area contributed by atoms with Gasteiger partial charge in [-0.15, -0.1) is 24.0 Å². The van der Waals surface area contributed by atoms with Crippen molar-refractivity contribution in [1.82, 2.24) is 25.4 Å². The van der Waals surface area contributed by atoms with Crippen molar-refractivity contribution in [3.8, 4) is 0 Å². The van der Waals surface area contributed by atoms with Gasteiger partial charge in [-0.3, -0.25) is 4.99 Å². The van der Waals surface area contributed by atoms with Crippen molar-refractivity contribution in [2.45, 2.75) is 50.7 Å². The molecular weight excluding hydrogens is 465 g/mol. The van der Waals surface area contributed by atoms with Crippen molar-refractivity contribution in [3.63, 3.8) is 0 Å². The molecule has 2 N–H and O–H groups in total. The van der Waals surface area contributed by atoms with Gasteiger partial charge >= 0.3 is 0 Å². The Balaban J connectivity index is 0.00000210. The third kappa shape index (κ3) is 4.07. The summed E-state index contributed by atoms with van der Waals surface area (Å²) in [5, 5.41) is 11.1. The quantitative estimate of drug-likeness (QED) is 0.396. The summed E-state index contributed by atoms with van der Waals surface area (Å²) in [6, 6.07) is 3.99. The van der Waals surface area contributed by atoms with E-state index in [4.69, 9.17) is 0 Å². The molecule has 2 aliphatic rings. The molecule has 3 unspecified atom stereocenters. The zero-order chi connectivity index (χ0) is 18.3. The minimum atomic E-state index is -0.488. The molecule has 27 heavy (non-hydrogen) atoms. The van der Waals surface area contributed by atoms with Gasteiger partial charge in [0.05, 0.1) is 6.04 Å². The standard InChI is InChI=1S/C18H22F2N6.HI/c1-10-22-17-14(7-4-8-26(17)25-10)23-18(21-2)24-15-9-11(15)16-12(19)5-3-6-13(16)20;/h3,5-6,11,14-15H,4,7-9H2,1-2H3,(H2,21,23,24);1H. The Morgan fingerprint density at radius 1 is 1.26 bits per heavy atom. The third-order valence-electron chi connectivity index (χ3n) is 5.00. The number of aromatic nitrogens is 3. The van der Waals surface area contributed by atoms with Crippen LogP contribution in [0.3, 0.4) is 0 Å². The number of halogens is 3. The van der Waals surface area contributed by atoms with E-state index in [2.05, 4.69) is 25.7 Å². The average Bonchev–Trinajstić information content (AvgIpc) is 3.23. The summed E-state index contributed by atoms with van der Waals surface area (Å²) in [6.45, 7) is 2.75. The van der Waals surface area contributed by atoms with Crippen LogP contribution in [-0.4, -0.2) is 33.8 Å². The second kappa shape index (κ2) is 8.07. The van der Waals surface area contributed by atoms with Crippen LogP contribution in [0.2, 0.25) is 0 Å². The number of aliphatic imine (C=N–C) groups is 1. The zero-order valence-electron chi connectivity index (χ0n) is 15.2. The number of guanidine groups is 1. The molecule has 1 aromatic heterocycles. The molecule has 1 saturated carbocycles. The number of hydrogen-bond donors (Lipinski definition) is 2. The van der Waals surface area contributed by atoms with Crippen molar-refractivity contribution in [1.29, 1.82) is 0 Å². The molecule has 1 aliphatic carbocycles. The zero-order valence-corrected chi connectivity index (χ0v) is 17.6. The Hall–Kier alpha value is -1.78. The largest absolute Gasteiger partial charge is 0.353 e. The van der Waals surface area contributed by atoms with E-state index in [-0.39, 0.29) is 47.5 Å². The van der Waals surface area contributed by atoms with E-state index in [0.29, 0.717) is 12.4 Å². The molecule has 1 aromatic carbocycles. The summed E-state index contributed by atoms with van der Waals surface area (Å²) in [5.41, 5.74) is 0.161. The third-order valence-corrected chi connectivity index (χ3v) is 5.00. The molecule has 6 nitrogen and oxygen atoms in total. The highest BCUT2D eigenvalue weighted by atomic mass is 127. The molecule has 146 valence electrons. The van der Waals surface area contributed by atoms with Crippen LogP contribution in [0.5, 0.6) is 0 Å². The number of nitrogens with zero attached hydrogens (tertiary/aromatic N) is 4. The lowest BCUT2D eigenvalue weighted by Gasteiger charge is -2.25. The molecular formula is C18H23F2IN6. The monoisotopic (exact) mass is 488 g/mol. The van der Waals surface area contributed by atoms with E-state index in [1.165, 1.54) is 18.2 Å². The van der Waals surface area contributed by atoms with Crippen molar-refractivity contribution in [2.75, 3.05) is 7.05 Å². The van der Waals surface area contributed by atoms with E-state index in [1.54, 1.807) is 7.05 Å². The predicted molar refractivity (Wildman–Crippen MR) is 109 cm³/mol. The maximum absolute atomic E-state index is 13.9. The number of hydrogen-bond acceptors (Lipinski definition) is 3. The van der Waals surface area contributed by atoms with Crippen LogP contribution in [0, 0.1) is 18.6 Å². The van der Waals surface area contributed by atoms with E-state index in [9.17, 15) is 8.78 Å². The highest BCUT2D eigenvalue weighted by Crippen LogP contribution is 2.43. The van der Waals surface area contributed by atoms with Crippen molar-refractivity contribution < 1.29 is 8.78 Å². The maximum atomic E-state index is 13.9. The highest BCUT2D eigenvalue weighted by Gasteiger charge is 2.42. The fourth-order valence-electron chi connectivity index (χ4n) is 3.66. The SMILES string of the molecule is CN=C(NC1CCCn2nc(C)nc21)NC1CC1c1c(F)cccc1F.I. The summed E-state index contributed by atoms with van der Waals surface area (Å²) in [7, 11) is 1.69. The Labute approximate surface area is 173 Å². The molecule has 2 heterocycles. The molecule has 1 fully saturated rings. The van der Waals surface area contributed by atoms with Gasteiger partial charge in [0, 0.05) is 31.1 Å². The predicted octanol–water partition coefficient (Wildman–Crippen LogP) is 3.04. The fourth-order valence-corrected chi connectivity index (χ4v) is 3.66. The van der Waals surface area contributed by atoms with Gasteiger partial charge in [-0.25, -0.2) is 18.4 Å². The number of benzene rings is 1. The Morgan fingerprint density at radius 2 is 2.00 bits per heavy atom. The average molecular weight is 488 g/mol. The Morgan fingerprint density at radius 3 is 2.70 bits per heavy atom. The molecule has 0 saturated heterocycles. The van der Waals surface area contributed by atoms with Gasteiger partial charge < -0.3 is 10.6 Å². The summed E-state index contributed by atoms with van der Waals surface area (Å²) in [4.78, 5) is 8.77. The van der Waals surface area contributed by atoms with Gasteiger partial charge in [-0.1, -0.05) is 6.07 Å². The normalized spacial score (nSPS) is 24.0. The van der Waals surface area contributed by atoms with E-state index in [0.717, 1.165) is 31.0 Å². The smallest absolute Gasteiger partial charge is 0.191 e. The molecule has 0 radical (unpaired) electrons. The lowest BCUT2D eigenvalue weighted by molar-refractivity contribution is 0.397. The molecule has 2 aromatic rings. The molecule has 0 amide bonds. The summed E-state index contributed by atoms with van der Waals surface area (Å²) in [5.74, 6) is 1.13. The minimum absolute atomic E-state index is 0. The van der Waals surface area contributed by atoms with Crippen molar-refractivity contribution in [3.05, 3.63) is 47.0 Å². The summed E-state index contributed by atoms with van der Waals surface area (Å²) >= 11 is 0. The number of nitrogens with one attached hydrogen (secondary N) is 2. The summed E-state index contributed by atoms with van der Waals surface area (Å²) in [6.07, 6.45) is 2.63. The minimum Gasteiger partial charge on any atom is -0.353 e. The van der Waals surface area contributed by atoms with Gasteiger partial charge in [-0.2, -0.15) is 5.10 Å². The van der Waals surface area contributed by atoms with Gasteiger partial charge in [0.25, 0.3) is 0 Å². The first kappa shape index (κ1) is 20.0. The highest BCUT2D eigenvalue weighted by molar-refractivity contribution is 14.0. The second-order valence-corrected chi connectivity index (χ2v) is 6.88. The first-order valence-electron chi connectivity index (χ1n) is 8.92. The van der Waals surface area contributed by atoms with E-state index >= 15 is 0 Å². The first-order valence-corrected chi connectivity index (χ1v) is 8.92. The lowest BCUT2D eigenvalue weighted by Crippen LogP contribution is -2.42. The van der Waals surface area contributed by atoms with Crippen molar-refractivity contribution >= 4 is 29.9 Å². The first-order chi connectivity index (χ1) is 12.6. The Bertz CT molecular complexity index is 832. The van der Waals surface area contributed by atoms with Crippen LogP contribution in [-0.2, 0) is 6.54 Å². The summed E-state index contributed by atoms with van der Waals surface area (Å²) < 4.78 is 29.8. The van der Waals surface area contributed by atoms with Gasteiger partial charge in [-0.05, 0) is 38.3 Å². The number of rotatable bonds is 3. The number of aryl methyl sites for hydroxylation is 2. The molecule has 3 atom stereocenters. The van der Waals surface area contributed by atoms with Crippen LogP contribution in [0.1, 0.15) is 48.4 Å². The van der Waals surface area contributed by atoms with Gasteiger partial charge in [0.1, 0.15) is 23.3 Å². The van der Waals surface area contributed by atoms with Crippen molar-refractivity contribution in [2.24, 2.45) is 4.99 Å². The molecule has 4 rings (SSSR count). The number of fused-ring (bicyclic) bond motifs is 1. The van der Waals surface area contributed by atoms with E-state index in [1.807, 2.05) is 11.6 Å². The topological polar surface area (TPSA) is 67.1 Å². The molecule has 1 aliphatic heterocycles. The van der Waals surface area contributed by atoms with Gasteiger partial charge in [0.15, 0.2) is 5.96 Å². The van der Waals surface area contributed by atoms with Crippen LogP contribution in [0.4, 0.5) is 8.78 Å². The van der Waals surface area contributed by atoms with Gasteiger partial charge in [0.2, 0.25) is 0 Å². The van der Waals surface area contributed by atoms with E-state index < -0.39 is 11.6 Å². The molecule has 0 bridgehead atoms. The van der Waals surface area contributed by atoms with Crippen LogP contribution >= 0.6 is 24.0 Å². The van der Waals surface area contributed by atoms with Crippen LogP contribution < -0.4 is 10.6 Å².